The van der Waals surface area contributed by atoms with Gasteiger partial charge in [-0.15, -0.1) is 0 Å². The average Bonchev–Trinajstić information content (AvgIpc) is 2.80. The minimum absolute atomic E-state index is 0.000208. The molecule has 1 atom stereocenters. The molecule has 0 radical (unpaired) electrons. The van der Waals surface area contributed by atoms with Crippen molar-refractivity contribution in [3.05, 3.63) is 17.1 Å². The van der Waals surface area contributed by atoms with Gasteiger partial charge >= 0.3 is 0 Å². The molecule has 1 aliphatic rings. The number of carbonyl (C=O) groups excluding carboxylic acids is 1. The molecule has 0 spiro atoms. The summed E-state index contributed by atoms with van der Waals surface area (Å²) in [7, 11) is 0. The first kappa shape index (κ1) is 16.7. The second-order valence-electron chi connectivity index (χ2n) is 7.01. The third-order valence-corrected chi connectivity index (χ3v) is 4.64. The molecule has 130 valence electrons. The maximum atomic E-state index is 12.4. The molecule has 2 aromatic rings. The van der Waals surface area contributed by atoms with E-state index in [4.69, 9.17) is 4.42 Å². The highest BCUT2D eigenvalue weighted by Crippen LogP contribution is 2.33. The van der Waals surface area contributed by atoms with Crippen LogP contribution in [0.3, 0.4) is 0 Å². The van der Waals surface area contributed by atoms with E-state index < -0.39 is 0 Å². The number of piperidine rings is 1. The van der Waals surface area contributed by atoms with E-state index in [1.54, 1.807) is 0 Å². The quantitative estimate of drug-likeness (QED) is 0.937. The summed E-state index contributed by atoms with van der Waals surface area (Å²) in [6, 6.07) is 0.166. The van der Waals surface area contributed by atoms with Gasteiger partial charge in [-0.1, -0.05) is 0 Å². The van der Waals surface area contributed by atoms with Gasteiger partial charge in [0, 0.05) is 24.7 Å². The number of fused-ring (bicyclic) bond motifs is 1. The number of carbonyl (C=O) groups is 1. The summed E-state index contributed by atoms with van der Waals surface area (Å²) in [4.78, 5) is 23.7. The predicted molar refractivity (Wildman–Crippen MR) is 94.2 cm³/mol. The van der Waals surface area contributed by atoms with Crippen molar-refractivity contribution in [2.24, 2.45) is 5.92 Å². The summed E-state index contributed by atoms with van der Waals surface area (Å²) in [5.41, 5.74) is 1.72. The minimum atomic E-state index is -0.000208. The van der Waals surface area contributed by atoms with Gasteiger partial charge in [-0.25, -0.2) is 4.98 Å². The number of furan rings is 1. The van der Waals surface area contributed by atoms with Crippen LogP contribution in [-0.2, 0) is 4.79 Å². The lowest BCUT2D eigenvalue weighted by Gasteiger charge is -2.33. The standard InChI is InChI=1S/C18H26N4O2/c1-10(2)19-17(23)14-7-6-8-22(9-14)16-15-11(3)12(4)24-18(15)21-13(5)20-16/h10,14H,6-9H2,1-5H3,(H,19,23)/t14-/m1/s1. The van der Waals surface area contributed by atoms with E-state index in [1.807, 2.05) is 34.6 Å². The van der Waals surface area contributed by atoms with Gasteiger partial charge in [-0.05, 0) is 47.5 Å². The molecule has 0 bridgehead atoms. The molecule has 0 aliphatic carbocycles. The Morgan fingerprint density at radius 2 is 2.04 bits per heavy atom. The Kier molecular flexibility index (Phi) is 4.47. The molecule has 6 heteroatoms. The fraction of sp³-hybridized carbons (Fsp3) is 0.611. The van der Waals surface area contributed by atoms with E-state index in [-0.39, 0.29) is 17.9 Å². The third-order valence-electron chi connectivity index (χ3n) is 4.64. The fourth-order valence-electron chi connectivity index (χ4n) is 3.35. The van der Waals surface area contributed by atoms with E-state index in [0.717, 1.165) is 41.9 Å². The number of hydrogen-bond donors (Lipinski definition) is 1. The number of aryl methyl sites for hydroxylation is 3. The van der Waals surface area contributed by atoms with Crippen LogP contribution in [0.5, 0.6) is 0 Å². The summed E-state index contributed by atoms with van der Waals surface area (Å²) in [6.07, 6.45) is 1.91. The second-order valence-corrected chi connectivity index (χ2v) is 7.01. The maximum absolute atomic E-state index is 12.4. The fourth-order valence-corrected chi connectivity index (χ4v) is 3.35. The van der Waals surface area contributed by atoms with Crippen molar-refractivity contribution < 1.29 is 9.21 Å². The van der Waals surface area contributed by atoms with Crippen molar-refractivity contribution in [3.63, 3.8) is 0 Å². The van der Waals surface area contributed by atoms with Gasteiger partial charge in [0.15, 0.2) is 0 Å². The summed E-state index contributed by atoms with van der Waals surface area (Å²) >= 11 is 0. The van der Waals surface area contributed by atoms with Crippen molar-refractivity contribution >= 4 is 22.8 Å². The molecular formula is C18H26N4O2. The Morgan fingerprint density at radius 1 is 1.29 bits per heavy atom. The monoisotopic (exact) mass is 330 g/mol. The molecule has 6 nitrogen and oxygen atoms in total. The van der Waals surface area contributed by atoms with Crippen molar-refractivity contribution in [1.29, 1.82) is 0 Å². The van der Waals surface area contributed by atoms with Crippen LogP contribution in [-0.4, -0.2) is 35.0 Å². The van der Waals surface area contributed by atoms with E-state index in [2.05, 4.69) is 20.2 Å². The van der Waals surface area contributed by atoms with Gasteiger partial charge in [0.25, 0.3) is 0 Å². The third kappa shape index (κ3) is 3.09. The van der Waals surface area contributed by atoms with E-state index in [0.29, 0.717) is 18.1 Å². The highest BCUT2D eigenvalue weighted by atomic mass is 16.3. The molecule has 1 N–H and O–H groups in total. The molecule has 0 saturated carbocycles. The number of amides is 1. The van der Waals surface area contributed by atoms with Crippen LogP contribution in [0.1, 0.15) is 43.8 Å². The SMILES string of the molecule is Cc1nc(N2CCC[C@@H](C(=O)NC(C)C)C2)c2c(C)c(C)oc2n1. The van der Waals surface area contributed by atoms with Crippen LogP contribution >= 0.6 is 0 Å². The van der Waals surface area contributed by atoms with Crippen LogP contribution in [0.2, 0.25) is 0 Å². The first-order chi connectivity index (χ1) is 11.4. The van der Waals surface area contributed by atoms with Gasteiger partial charge in [0.05, 0.1) is 11.3 Å². The number of rotatable bonds is 3. The smallest absolute Gasteiger partial charge is 0.231 e. The van der Waals surface area contributed by atoms with Gasteiger partial charge in [-0.3, -0.25) is 4.79 Å². The summed E-state index contributed by atoms with van der Waals surface area (Å²) in [6.45, 7) is 11.4. The lowest BCUT2D eigenvalue weighted by Crippen LogP contribution is -2.45. The molecule has 1 fully saturated rings. The molecule has 3 rings (SSSR count). The van der Waals surface area contributed by atoms with Gasteiger partial charge < -0.3 is 14.6 Å². The predicted octanol–water partition coefficient (Wildman–Crippen LogP) is 2.89. The highest BCUT2D eigenvalue weighted by Gasteiger charge is 2.29. The summed E-state index contributed by atoms with van der Waals surface area (Å²) in [5, 5.41) is 4.01. The Bertz CT molecular complexity index is 766. The molecule has 2 aromatic heterocycles. The molecular weight excluding hydrogens is 304 g/mol. The highest BCUT2D eigenvalue weighted by molar-refractivity contribution is 5.90. The minimum Gasteiger partial charge on any atom is -0.443 e. The zero-order chi connectivity index (χ0) is 17.4. The topological polar surface area (TPSA) is 71.3 Å². The van der Waals surface area contributed by atoms with Crippen LogP contribution in [0.4, 0.5) is 5.82 Å². The molecule has 0 aromatic carbocycles. The Hall–Kier alpha value is -2.11. The number of aromatic nitrogens is 2. The van der Waals surface area contributed by atoms with Crippen molar-refractivity contribution in [2.75, 3.05) is 18.0 Å². The summed E-state index contributed by atoms with van der Waals surface area (Å²) in [5.74, 6) is 2.60. The lowest BCUT2D eigenvalue weighted by molar-refractivity contribution is -0.125. The number of nitrogens with zero attached hydrogens (tertiary/aromatic N) is 3. The van der Waals surface area contributed by atoms with Gasteiger partial charge in [-0.2, -0.15) is 4.98 Å². The molecule has 1 saturated heterocycles. The van der Waals surface area contributed by atoms with E-state index in [9.17, 15) is 4.79 Å². The van der Waals surface area contributed by atoms with Crippen molar-refractivity contribution in [2.45, 2.75) is 53.5 Å². The maximum Gasteiger partial charge on any atom is 0.231 e. The lowest BCUT2D eigenvalue weighted by atomic mass is 9.96. The number of nitrogens with one attached hydrogen (secondary N) is 1. The molecule has 0 unspecified atom stereocenters. The average molecular weight is 330 g/mol. The number of anilines is 1. The van der Waals surface area contributed by atoms with Crippen LogP contribution in [0.15, 0.2) is 4.42 Å². The molecule has 24 heavy (non-hydrogen) atoms. The van der Waals surface area contributed by atoms with E-state index >= 15 is 0 Å². The zero-order valence-corrected chi connectivity index (χ0v) is 15.1. The Labute approximate surface area is 142 Å². The van der Waals surface area contributed by atoms with Crippen molar-refractivity contribution in [3.8, 4) is 0 Å². The zero-order valence-electron chi connectivity index (χ0n) is 15.1. The van der Waals surface area contributed by atoms with Gasteiger partial charge in [0.2, 0.25) is 11.6 Å². The van der Waals surface area contributed by atoms with E-state index in [1.165, 1.54) is 0 Å². The van der Waals surface area contributed by atoms with Crippen LogP contribution in [0, 0.1) is 26.7 Å². The Balaban J connectivity index is 1.94. The molecule has 3 heterocycles. The number of hydrogen-bond acceptors (Lipinski definition) is 5. The summed E-state index contributed by atoms with van der Waals surface area (Å²) < 4.78 is 5.78. The Morgan fingerprint density at radius 3 is 2.75 bits per heavy atom. The normalized spacial score (nSPS) is 18.4. The van der Waals surface area contributed by atoms with Crippen molar-refractivity contribution in [1.82, 2.24) is 15.3 Å². The second kappa shape index (κ2) is 6.42. The van der Waals surface area contributed by atoms with Gasteiger partial charge in [0.1, 0.15) is 17.4 Å². The van der Waals surface area contributed by atoms with Crippen LogP contribution in [0.25, 0.3) is 11.1 Å². The first-order valence-electron chi connectivity index (χ1n) is 8.66. The first-order valence-corrected chi connectivity index (χ1v) is 8.66. The van der Waals surface area contributed by atoms with Crippen LogP contribution < -0.4 is 10.2 Å². The largest absolute Gasteiger partial charge is 0.443 e. The molecule has 1 amide bonds. The molecule has 1 aliphatic heterocycles.